The average Bonchev–Trinajstić information content (AvgIpc) is 2.84. The summed E-state index contributed by atoms with van der Waals surface area (Å²) in [6.07, 6.45) is 1.96. The monoisotopic (exact) mass is 251 g/mol. The maximum atomic E-state index is 4.70. The summed E-state index contributed by atoms with van der Waals surface area (Å²) in [6.45, 7) is 4.10. The van der Waals surface area contributed by atoms with Crippen molar-refractivity contribution in [2.75, 3.05) is 6.54 Å². The molecule has 3 nitrogen and oxygen atoms in total. The van der Waals surface area contributed by atoms with E-state index in [4.69, 9.17) is 4.98 Å². The van der Waals surface area contributed by atoms with Crippen molar-refractivity contribution in [1.82, 2.24) is 15.3 Å². The van der Waals surface area contributed by atoms with E-state index in [9.17, 15) is 0 Å². The van der Waals surface area contributed by atoms with E-state index in [-0.39, 0.29) is 0 Å². The molecule has 0 fully saturated rings. The molecule has 0 amide bonds. The number of fused-ring (bicyclic) bond motifs is 1. The summed E-state index contributed by atoms with van der Waals surface area (Å²) in [7, 11) is 0. The molecule has 0 spiro atoms. The summed E-state index contributed by atoms with van der Waals surface area (Å²) in [6, 6.07) is 0. The van der Waals surface area contributed by atoms with Gasteiger partial charge in [-0.25, -0.2) is 9.97 Å². The number of aromatic nitrogens is 2. The number of aryl methyl sites for hydroxylation is 1. The molecule has 0 radical (unpaired) electrons. The minimum absolute atomic E-state index is 0.891. The van der Waals surface area contributed by atoms with Crippen LogP contribution in [-0.2, 0) is 19.4 Å². The first-order valence-corrected chi connectivity index (χ1v) is 7.10. The van der Waals surface area contributed by atoms with Crippen molar-refractivity contribution in [2.24, 2.45) is 0 Å². The predicted octanol–water partition coefficient (Wildman–Crippen LogP) is 2.14. The first-order valence-electron chi connectivity index (χ1n) is 5.40. The molecule has 3 rings (SSSR count). The second-order valence-electron chi connectivity index (χ2n) is 3.94. The van der Waals surface area contributed by atoms with Crippen molar-refractivity contribution in [3.63, 3.8) is 0 Å². The highest BCUT2D eigenvalue weighted by Gasteiger charge is 2.15. The van der Waals surface area contributed by atoms with E-state index >= 15 is 0 Å². The van der Waals surface area contributed by atoms with Crippen molar-refractivity contribution >= 4 is 22.7 Å². The average molecular weight is 251 g/mol. The second-order valence-corrected chi connectivity index (χ2v) is 6.17. The van der Waals surface area contributed by atoms with Gasteiger partial charge < -0.3 is 5.32 Å². The van der Waals surface area contributed by atoms with Gasteiger partial charge in [0, 0.05) is 36.2 Å². The van der Waals surface area contributed by atoms with Gasteiger partial charge in [-0.05, 0) is 6.92 Å². The molecule has 2 aromatic rings. The molecular weight excluding hydrogens is 238 g/mol. The molecule has 0 bridgehead atoms. The molecular formula is C11H13N3S2. The van der Waals surface area contributed by atoms with Crippen LogP contribution < -0.4 is 5.32 Å². The Balaban J connectivity index is 1.82. The molecule has 0 unspecified atom stereocenters. The number of nitrogens with one attached hydrogen (secondary N) is 1. The fourth-order valence-corrected chi connectivity index (χ4v) is 3.61. The smallest absolute Gasteiger partial charge is 0.0991 e. The van der Waals surface area contributed by atoms with Crippen molar-refractivity contribution in [2.45, 2.75) is 26.3 Å². The van der Waals surface area contributed by atoms with Crippen LogP contribution in [0.15, 0.2) is 5.38 Å². The maximum Gasteiger partial charge on any atom is 0.0991 e. The molecule has 3 heterocycles. The lowest BCUT2D eigenvalue weighted by Gasteiger charge is -2.09. The lowest BCUT2D eigenvalue weighted by atomic mass is 10.2. The van der Waals surface area contributed by atoms with Crippen molar-refractivity contribution in [3.8, 4) is 0 Å². The summed E-state index contributed by atoms with van der Waals surface area (Å²) in [5, 5.41) is 7.86. The molecule has 0 aromatic carbocycles. The number of hydrogen-bond acceptors (Lipinski definition) is 5. The highest BCUT2D eigenvalue weighted by atomic mass is 32.1. The molecule has 0 aliphatic carbocycles. The third-order valence-electron chi connectivity index (χ3n) is 2.65. The summed E-state index contributed by atoms with van der Waals surface area (Å²) in [4.78, 5) is 10.6. The fourth-order valence-electron chi connectivity index (χ4n) is 1.90. The number of thiazole rings is 2. The van der Waals surface area contributed by atoms with Crippen LogP contribution in [-0.4, -0.2) is 16.5 Å². The first-order chi connectivity index (χ1) is 7.81. The third-order valence-corrected chi connectivity index (χ3v) is 4.57. The summed E-state index contributed by atoms with van der Waals surface area (Å²) in [5.74, 6) is 0. The van der Waals surface area contributed by atoms with Gasteiger partial charge in [-0.1, -0.05) is 0 Å². The minimum atomic E-state index is 0.891. The van der Waals surface area contributed by atoms with Gasteiger partial charge in [0.25, 0.3) is 0 Å². The van der Waals surface area contributed by atoms with Gasteiger partial charge in [-0.2, -0.15) is 0 Å². The van der Waals surface area contributed by atoms with Crippen LogP contribution in [0.4, 0.5) is 0 Å². The van der Waals surface area contributed by atoms with Crippen molar-refractivity contribution < 1.29 is 0 Å². The molecule has 0 saturated heterocycles. The Kier molecular flexibility index (Phi) is 2.75. The lowest BCUT2D eigenvalue weighted by Crippen LogP contribution is -2.22. The third kappa shape index (κ3) is 2.03. The maximum absolute atomic E-state index is 4.70. The molecule has 0 atom stereocenters. The van der Waals surface area contributed by atoms with E-state index in [1.54, 1.807) is 11.3 Å². The van der Waals surface area contributed by atoms with E-state index in [1.165, 1.54) is 15.6 Å². The van der Waals surface area contributed by atoms with E-state index in [0.717, 1.165) is 36.6 Å². The molecule has 1 N–H and O–H groups in total. The molecule has 84 valence electrons. The molecule has 16 heavy (non-hydrogen) atoms. The Morgan fingerprint density at radius 3 is 3.12 bits per heavy atom. The molecule has 0 saturated carbocycles. The Labute approximate surface area is 103 Å². The van der Waals surface area contributed by atoms with Crippen molar-refractivity contribution in [3.05, 3.63) is 31.7 Å². The van der Waals surface area contributed by atoms with Gasteiger partial charge in [0.1, 0.15) is 0 Å². The largest absolute Gasteiger partial charge is 0.311 e. The zero-order valence-electron chi connectivity index (χ0n) is 9.12. The Hall–Kier alpha value is -0.780. The van der Waals surface area contributed by atoms with Gasteiger partial charge >= 0.3 is 0 Å². The van der Waals surface area contributed by atoms with Gasteiger partial charge in [0.2, 0.25) is 0 Å². The zero-order chi connectivity index (χ0) is 11.0. The Morgan fingerprint density at radius 2 is 2.38 bits per heavy atom. The number of hydrogen-bond donors (Lipinski definition) is 1. The van der Waals surface area contributed by atoms with Gasteiger partial charge in [-0.15, -0.1) is 22.7 Å². The number of rotatable bonds is 2. The van der Waals surface area contributed by atoms with Crippen LogP contribution in [0.2, 0.25) is 0 Å². The Morgan fingerprint density at radius 1 is 1.44 bits per heavy atom. The van der Waals surface area contributed by atoms with Crippen LogP contribution in [0.1, 0.15) is 26.3 Å². The SMILES string of the molecule is Cc1nc(Cc2nc3c(s2)CNCC3)cs1. The predicted molar refractivity (Wildman–Crippen MR) is 67.2 cm³/mol. The van der Waals surface area contributed by atoms with Gasteiger partial charge in [0.15, 0.2) is 0 Å². The highest BCUT2D eigenvalue weighted by molar-refractivity contribution is 7.11. The van der Waals surface area contributed by atoms with Crippen LogP contribution in [0.5, 0.6) is 0 Å². The highest BCUT2D eigenvalue weighted by Crippen LogP contribution is 2.23. The van der Waals surface area contributed by atoms with Crippen molar-refractivity contribution in [1.29, 1.82) is 0 Å². The van der Waals surface area contributed by atoms with Gasteiger partial charge in [0.05, 0.1) is 21.4 Å². The zero-order valence-corrected chi connectivity index (χ0v) is 10.7. The first kappa shape index (κ1) is 10.4. The quantitative estimate of drug-likeness (QED) is 0.888. The molecule has 1 aliphatic rings. The lowest BCUT2D eigenvalue weighted by molar-refractivity contribution is 0.643. The summed E-state index contributed by atoms with van der Waals surface area (Å²) < 4.78 is 0. The van der Waals surface area contributed by atoms with Crippen LogP contribution in [0.3, 0.4) is 0 Å². The topological polar surface area (TPSA) is 37.8 Å². The van der Waals surface area contributed by atoms with Crippen LogP contribution >= 0.6 is 22.7 Å². The number of nitrogens with zero attached hydrogens (tertiary/aromatic N) is 2. The normalized spacial score (nSPS) is 15.1. The summed E-state index contributed by atoms with van der Waals surface area (Å²) in [5.41, 5.74) is 2.45. The van der Waals surface area contributed by atoms with E-state index < -0.39 is 0 Å². The molecule has 5 heteroatoms. The van der Waals surface area contributed by atoms with Crippen LogP contribution in [0.25, 0.3) is 0 Å². The van der Waals surface area contributed by atoms with E-state index in [2.05, 4.69) is 15.7 Å². The van der Waals surface area contributed by atoms with E-state index in [0.29, 0.717) is 0 Å². The standard InChI is InChI=1S/C11H13N3S2/c1-7-13-8(6-15-7)4-11-14-9-2-3-12-5-10(9)16-11/h6,12H,2-5H2,1H3. The van der Waals surface area contributed by atoms with E-state index in [1.807, 2.05) is 18.3 Å². The summed E-state index contributed by atoms with van der Waals surface area (Å²) >= 11 is 3.54. The molecule has 2 aromatic heterocycles. The second kappa shape index (κ2) is 4.24. The Bertz CT molecular complexity index is 478. The minimum Gasteiger partial charge on any atom is -0.311 e. The van der Waals surface area contributed by atoms with Crippen LogP contribution in [0, 0.1) is 6.92 Å². The van der Waals surface area contributed by atoms with Gasteiger partial charge in [-0.3, -0.25) is 0 Å². The fraction of sp³-hybridized carbons (Fsp3) is 0.455. The molecule has 1 aliphatic heterocycles.